The number of rotatable bonds is 7. The Kier molecular flexibility index (Phi) is 9.23. The van der Waals surface area contributed by atoms with Crippen molar-refractivity contribution in [2.24, 2.45) is 10.9 Å². The van der Waals surface area contributed by atoms with E-state index in [4.69, 9.17) is 0 Å². The zero-order chi connectivity index (χ0) is 18.8. The van der Waals surface area contributed by atoms with Gasteiger partial charge in [0.2, 0.25) is 5.91 Å². The van der Waals surface area contributed by atoms with E-state index in [-0.39, 0.29) is 12.5 Å². The van der Waals surface area contributed by atoms with E-state index >= 15 is 0 Å². The fourth-order valence-corrected chi connectivity index (χ4v) is 3.88. The Labute approximate surface area is 159 Å². The highest BCUT2D eigenvalue weighted by molar-refractivity contribution is 5.84. The molecule has 1 saturated heterocycles. The van der Waals surface area contributed by atoms with Gasteiger partial charge in [-0.3, -0.25) is 4.79 Å². The average molecular weight is 366 g/mol. The molecule has 2 N–H and O–H groups in total. The zero-order valence-corrected chi connectivity index (χ0v) is 17.1. The number of nitrogens with zero attached hydrogens (tertiary/aromatic N) is 3. The summed E-state index contributed by atoms with van der Waals surface area (Å²) >= 11 is 0. The van der Waals surface area contributed by atoms with Crippen LogP contribution in [0.25, 0.3) is 0 Å². The van der Waals surface area contributed by atoms with E-state index in [1.165, 1.54) is 45.1 Å². The molecule has 2 fully saturated rings. The van der Waals surface area contributed by atoms with Gasteiger partial charge >= 0.3 is 0 Å². The van der Waals surface area contributed by atoms with Gasteiger partial charge in [-0.25, -0.2) is 4.99 Å². The number of guanidine groups is 1. The summed E-state index contributed by atoms with van der Waals surface area (Å²) < 4.78 is 0. The molecule has 0 aromatic heterocycles. The minimum atomic E-state index is 0.0431. The molecular weight excluding hydrogens is 326 g/mol. The second-order valence-electron chi connectivity index (χ2n) is 8.10. The summed E-state index contributed by atoms with van der Waals surface area (Å²) in [7, 11) is 3.56. The Bertz CT molecular complexity index is 437. The summed E-state index contributed by atoms with van der Waals surface area (Å²) in [5.74, 6) is 1.60. The molecule has 0 bridgehead atoms. The number of likely N-dealkylation sites (tertiary alicyclic amines) is 1. The zero-order valence-electron chi connectivity index (χ0n) is 17.1. The molecule has 150 valence electrons. The number of hydrogen-bond acceptors (Lipinski definition) is 3. The molecule has 0 radical (unpaired) electrons. The van der Waals surface area contributed by atoms with Gasteiger partial charge in [0.25, 0.3) is 0 Å². The molecule has 26 heavy (non-hydrogen) atoms. The smallest absolute Gasteiger partial charge is 0.243 e. The first-order valence-corrected chi connectivity index (χ1v) is 10.6. The van der Waals surface area contributed by atoms with Crippen LogP contribution >= 0.6 is 0 Å². The Balaban J connectivity index is 1.85. The molecule has 2 aliphatic rings. The van der Waals surface area contributed by atoms with Crippen LogP contribution in [0.1, 0.15) is 58.3 Å². The van der Waals surface area contributed by atoms with E-state index in [9.17, 15) is 4.79 Å². The van der Waals surface area contributed by atoms with Crippen LogP contribution in [0.5, 0.6) is 0 Å². The van der Waals surface area contributed by atoms with Crippen molar-refractivity contribution >= 4 is 11.9 Å². The van der Waals surface area contributed by atoms with Gasteiger partial charge in [0, 0.05) is 39.8 Å². The van der Waals surface area contributed by atoms with Crippen LogP contribution in [-0.4, -0.2) is 74.5 Å². The number of amides is 1. The number of carbonyl (C=O) groups is 1. The maximum atomic E-state index is 11.9. The van der Waals surface area contributed by atoms with Crippen molar-refractivity contribution < 1.29 is 4.79 Å². The van der Waals surface area contributed by atoms with Crippen LogP contribution < -0.4 is 10.6 Å². The van der Waals surface area contributed by atoms with Gasteiger partial charge in [-0.05, 0) is 44.6 Å². The van der Waals surface area contributed by atoms with Crippen LogP contribution in [0.15, 0.2) is 4.99 Å². The Morgan fingerprint density at radius 2 is 1.81 bits per heavy atom. The van der Waals surface area contributed by atoms with Crippen LogP contribution in [0.2, 0.25) is 0 Å². The second kappa shape index (κ2) is 11.4. The summed E-state index contributed by atoms with van der Waals surface area (Å²) in [4.78, 5) is 20.6. The van der Waals surface area contributed by atoms with Crippen molar-refractivity contribution in [1.29, 1.82) is 0 Å². The molecule has 0 atom stereocenters. The van der Waals surface area contributed by atoms with Crippen molar-refractivity contribution in [3.05, 3.63) is 0 Å². The third kappa shape index (κ3) is 7.52. The van der Waals surface area contributed by atoms with Gasteiger partial charge in [-0.1, -0.05) is 26.2 Å². The molecule has 0 unspecified atom stereocenters. The SMILES string of the molecule is CCCN1CCC(NC(=NCC(=O)N(C)C)NCC2CCCCC2)CC1. The second-order valence-corrected chi connectivity index (χ2v) is 8.10. The summed E-state index contributed by atoms with van der Waals surface area (Å²) in [6.45, 7) is 6.92. The molecular formula is C20H39N5O. The summed E-state index contributed by atoms with van der Waals surface area (Å²) in [6, 6.07) is 0.454. The van der Waals surface area contributed by atoms with Gasteiger partial charge in [0.15, 0.2) is 5.96 Å². The Morgan fingerprint density at radius 3 is 2.42 bits per heavy atom. The van der Waals surface area contributed by atoms with E-state index in [0.29, 0.717) is 6.04 Å². The minimum Gasteiger partial charge on any atom is -0.356 e. The lowest BCUT2D eigenvalue weighted by Crippen LogP contribution is -2.49. The van der Waals surface area contributed by atoms with Gasteiger partial charge in [-0.15, -0.1) is 0 Å². The van der Waals surface area contributed by atoms with Crippen LogP contribution in [0, 0.1) is 5.92 Å². The highest BCUT2D eigenvalue weighted by atomic mass is 16.2. The lowest BCUT2D eigenvalue weighted by molar-refractivity contribution is -0.127. The van der Waals surface area contributed by atoms with E-state index < -0.39 is 0 Å². The van der Waals surface area contributed by atoms with Crippen molar-refractivity contribution in [1.82, 2.24) is 20.4 Å². The summed E-state index contributed by atoms with van der Waals surface area (Å²) in [5.41, 5.74) is 0. The minimum absolute atomic E-state index is 0.0431. The lowest BCUT2D eigenvalue weighted by Gasteiger charge is -2.33. The molecule has 6 heteroatoms. The maximum Gasteiger partial charge on any atom is 0.243 e. The van der Waals surface area contributed by atoms with Gasteiger partial charge in [-0.2, -0.15) is 0 Å². The fourth-order valence-electron chi connectivity index (χ4n) is 3.88. The number of nitrogens with one attached hydrogen (secondary N) is 2. The van der Waals surface area contributed by atoms with Crippen LogP contribution in [0.3, 0.4) is 0 Å². The molecule has 0 spiro atoms. The molecule has 0 aromatic rings. The third-order valence-corrected chi connectivity index (χ3v) is 5.62. The number of aliphatic imine (C=N–C) groups is 1. The first kappa shape index (κ1) is 21.0. The van der Waals surface area contributed by atoms with E-state index in [2.05, 4.69) is 27.4 Å². The van der Waals surface area contributed by atoms with Gasteiger partial charge < -0.3 is 20.4 Å². The number of likely N-dealkylation sites (N-methyl/N-ethyl adjacent to an activating group) is 1. The molecule has 1 aliphatic heterocycles. The average Bonchev–Trinajstić information content (AvgIpc) is 2.66. The third-order valence-electron chi connectivity index (χ3n) is 5.62. The predicted molar refractivity (Wildman–Crippen MR) is 108 cm³/mol. The quantitative estimate of drug-likeness (QED) is 0.536. The molecule has 1 saturated carbocycles. The number of hydrogen-bond donors (Lipinski definition) is 2. The molecule has 0 aromatic carbocycles. The first-order valence-electron chi connectivity index (χ1n) is 10.6. The topological polar surface area (TPSA) is 60.0 Å². The van der Waals surface area contributed by atoms with E-state index in [1.807, 2.05) is 0 Å². The van der Waals surface area contributed by atoms with Crippen LogP contribution in [0.4, 0.5) is 0 Å². The van der Waals surface area contributed by atoms with Gasteiger partial charge in [0.05, 0.1) is 0 Å². The summed E-state index contributed by atoms with van der Waals surface area (Å²) in [5, 5.41) is 7.12. The maximum absolute atomic E-state index is 11.9. The van der Waals surface area contributed by atoms with Gasteiger partial charge in [0.1, 0.15) is 6.54 Å². The van der Waals surface area contributed by atoms with Crippen molar-refractivity contribution in [2.75, 3.05) is 46.8 Å². The van der Waals surface area contributed by atoms with E-state index in [1.54, 1.807) is 19.0 Å². The number of carbonyl (C=O) groups excluding carboxylic acids is 1. The van der Waals surface area contributed by atoms with Crippen LogP contribution in [-0.2, 0) is 4.79 Å². The molecule has 1 amide bonds. The largest absolute Gasteiger partial charge is 0.356 e. The first-order chi connectivity index (χ1) is 12.6. The predicted octanol–water partition coefficient (Wildman–Crippen LogP) is 2.06. The normalized spacial score (nSPS) is 20.8. The summed E-state index contributed by atoms with van der Waals surface area (Å²) in [6.07, 6.45) is 10.2. The highest BCUT2D eigenvalue weighted by Gasteiger charge is 2.20. The lowest BCUT2D eigenvalue weighted by atomic mass is 9.89. The molecule has 2 rings (SSSR count). The highest BCUT2D eigenvalue weighted by Crippen LogP contribution is 2.22. The van der Waals surface area contributed by atoms with Crippen molar-refractivity contribution in [2.45, 2.75) is 64.3 Å². The fraction of sp³-hybridized carbons (Fsp3) is 0.900. The monoisotopic (exact) mass is 365 g/mol. The molecule has 1 heterocycles. The van der Waals surface area contributed by atoms with E-state index in [0.717, 1.165) is 44.4 Å². The van der Waals surface area contributed by atoms with Crippen molar-refractivity contribution in [3.8, 4) is 0 Å². The standard InChI is InChI=1S/C20H39N5O/c1-4-12-25-13-10-18(11-14-25)23-20(22-16-19(26)24(2)3)21-15-17-8-6-5-7-9-17/h17-18H,4-16H2,1-3H3,(H2,21,22,23). The van der Waals surface area contributed by atoms with Crippen molar-refractivity contribution in [3.63, 3.8) is 0 Å². The molecule has 1 aliphatic carbocycles. The Morgan fingerprint density at radius 1 is 1.12 bits per heavy atom. The number of piperidine rings is 1. The molecule has 6 nitrogen and oxygen atoms in total. The Hall–Kier alpha value is -1.30.